The average molecular weight is 1220 g/mol. The van der Waals surface area contributed by atoms with Gasteiger partial charge in [0.15, 0.2) is 6.10 Å². The minimum atomic E-state index is -4.39. The van der Waals surface area contributed by atoms with Gasteiger partial charge in [0.05, 0.1) is 13.2 Å². The van der Waals surface area contributed by atoms with E-state index in [1.807, 2.05) is 0 Å². The Bertz CT molecular complexity index is 1530. The van der Waals surface area contributed by atoms with Gasteiger partial charge in [-0.25, -0.2) is 4.57 Å². The van der Waals surface area contributed by atoms with Crippen LogP contribution in [-0.2, 0) is 32.7 Å². The molecule has 0 aromatic heterocycles. The monoisotopic (exact) mass is 1220 g/mol. The molecule has 2 atom stereocenters. The summed E-state index contributed by atoms with van der Waals surface area (Å²) in [5.41, 5.74) is 5.41. The van der Waals surface area contributed by atoms with Gasteiger partial charge >= 0.3 is 19.8 Å². The molecule has 10 heteroatoms. The summed E-state index contributed by atoms with van der Waals surface area (Å²) >= 11 is 0. The highest BCUT2D eigenvalue weighted by atomic mass is 31.2. The number of nitrogens with two attached hydrogens (primary N) is 1. The Hall–Kier alpha value is -2.03. The lowest BCUT2D eigenvalue weighted by Gasteiger charge is -2.19. The summed E-state index contributed by atoms with van der Waals surface area (Å²) in [5.74, 6) is -0.809. The number of allylic oxidation sites excluding steroid dienone is 8. The summed E-state index contributed by atoms with van der Waals surface area (Å²) in [7, 11) is -4.39. The Morgan fingerprint density at radius 1 is 0.365 bits per heavy atom. The second kappa shape index (κ2) is 71.1. The molecule has 85 heavy (non-hydrogen) atoms. The van der Waals surface area contributed by atoms with Gasteiger partial charge in [0, 0.05) is 19.4 Å². The zero-order valence-corrected chi connectivity index (χ0v) is 57.3. The first-order valence-corrected chi connectivity index (χ1v) is 38.6. The van der Waals surface area contributed by atoms with Crippen LogP contribution in [0.25, 0.3) is 0 Å². The number of esters is 2. The van der Waals surface area contributed by atoms with E-state index in [2.05, 4.69) is 62.5 Å². The van der Waals surface area contributed by atoms with Crippen molar-refractivity contribution in [3.8, 4) is 0 Å². The Labute approximate surface area is 527 Å². The molecule has 9 nitrogen and oxygen atoms in total. The lowest BCUT2D eigenvalue weighted by atomic mass is 10.0. The van der Waals surface area contributed by atoms with Gasteiger partial charge in [0.1, 0.15) is 6.61 Å². The summed E-state index contributed by atoms with van der Waals surface area (Å²) in [6.07, 6.45) is 91.0. The number of carbonyl (C=O) groups excluding carboxylic acids is 2. The van der Waals surface area contributed by atoms with E-state index >= 15 is 0 Å². The molecule has 2 unspecified atom stereocenters. The molecular weight excluding hydrogens is 1070 g/mol. The van der Waals surface area contributed by atoms with Crippen LogP contribution in [0.15, 0.2) is 48.6 Å². The average Bonchev–Trinajstić information content (AvgIpc) is 3.53. The first-order valence-electron chi connectivity index (χ1n) is 37.1. The van der Waals surface area contributed by atoms with Crippen molar-refractivity contribution in [3.05, 3.63) is 48.6 Å². The smallest absolute Gasteiger partial charge is 0.462 e. The van der Waals surface area contributed by atoms with Crippen molar-refractivity contribution >= 4 is 19.8 Å². The van der Waals surface area contributed by atoms with Crippen LogP contribution >= 0.6 is 7.82 Å². The molecule has 0 bridgehead atoms. The highest BCUT2D eigenvalue weighted by molar-refractivity contribution is 7.47. The van der Waals surface area contributed by atoms with E-state index in [4.69, 9.17) is 24.3 Å². The van der Waals surface area contributed by atoms with Gasteiger partial charge in [-0.15, -0.1) is 0 Å². The van der Waals surface area contributed by atoms with Crippen LogP contribution in [0.2, 0.25) is 0 Å². The maximum Gasteiger partial charge on any atom is 0.472 e. The standard InChI is InChI=1S/C75H142NO8P/c1-3-5-7-9-11-13-15-17-19-21-23-25-27-29-31-32-33-34-35-36-37-38-39-40-42-43-45-47-49-51-53-55-57-59-61-63-65-67-74(77)81-71-73(72-83-85(79,80)82-70-69-76)84-75(78)68-66-64-62-60-58-56-54-52-50-48-46-44-41-30-28-26-24-22-20-18-16-14-12-10-8-6-4-2/h6,8,12,14,18,20,24,26,73H,3-5,7,9-11,13,15-17,19,21-23,25,27-72,76H2,1-2H3,(H,79,80)/b8-6-,14-12-,20-18-,26-24-. The zero-order valence-electron chi connectivity index (χ0n) is 56.4. The van der Waals surface area contributed by atoms with Crippen LogP contribution in [-0.4, -0.2) is 49.3 Å². The van der Waals surface area contributed by atoms with E-state index in [1.165, 1.54) is 289 Å². The van der Waals surface area contributed by atoms with Crippen LogP contribution in [0.1, 0.15) is 386 Å². The lowest BCUT2D eigenvalue weighted by molar-refractivity contribution is -0.161. The van der Waals surface area contributed by atoms with Crippen molar-refractivity contribution < 1.29 is 37.6 Å². The molecule has 500 valence electrons. The predicted molar refractivity (Wildman–Crippen MR) is 367 cm³/mol. The number of rotatable bonds is 71. The number of phosphoric acid groups is 1. The summed E-state index contributed by atoms with van der Waals surface area (Å²) in [6.45, 7) is 3.70. The van der Waals surface area contributed by atoms with Gasteiger partial charge in [0.2, 0.25) is 0 Å². The highest BCUT2D eigenvalue weighted by Crippen LogP contribution is 2.43. The van der Waals surface area contributed by atoms with Crippen LogP contribution in [0, 0.1) is 0 Å². The Morgan fingerprint density at radius 2 is 0.647 bits per heavy atom. The Balaban J connectivity index is 3.77. The minimum absolute atomic E-state index is 0.0546. The maximum atomic E-state index is 12.8. The molecule has 0 aliphatic heterocycles. The van der Waals surface area contributed by atoms with Gasteiger partial charge in [-0.1, -0.05) is 371 Å². The summed E-state index contributed by atoms with van der Waals surface area (Å²) in [5, 5.41) is 0. The van der Waals surface area contributed by atoms with Crippen molar-refractivity contribution in [2.24, 2.45) is 5.73 Å². The number of unbranched alkanes of at least 4 members (excludes halogenated alkanes) is 50. The van der Waals surface area contributed by atoms with E-state index in [0.29, 0.717) is 6.42 Å². The molecule has 0 aromatic rings. The molecule has 0 spiro atoms. The van der Waals surface area contributed by atoms with Gasteiger partial charge < -0.3 is 20.1 Å². The number of carbonyl (C=O) groups is 2. The van der Waals surface area contributed by atoms with Crippen LogP contribution in [0.5, 0.6) is 0 Å². The molecule has 3 N–H and O–H groups in total. The van der Waals surface area contributed by atoms with E-state index < -0.39 is 26.5 Å². The highest BCUT2D eigenvalue weighted by Gasteiger charge is 2.26. The van der Waals surface area contributed by atoms with Crippen LogP contribution in [0.4, 0.5) is 0 Å². The van der Waals surface area contributed by atoms with Crippen molar-refractivity contribution in [3.63, 3.8) is 0 Å². The third-order valence-electron chi connectivity index (χ3n) is 16.7. The second-order valence-corrected chi connectivity index (χ2v) is 26.6. The van der Waals surface area contributed by atoms with Crippen molar-refractivity contribution in [2.45, 2.75) is 392 Å². The number of ether oxygens (including phenoxy) is 2. The normalized spacial score (nSPS) is 13.1. The Kier molecular flexibility index (Phi) is 69.4. The molecule has 0 rings (SSSR count). The van der Waals surface area contributed by atoms with Gasteiger partial charge in [-0.2, -0.15) is 0 Å². The predicted octanol–water partition coefficient (Wildman–Crippen LogP) is 24.4. The summed E-state index contributed by atoms with van der Waals surface area (Å²) in [4.78, 5) is 35.4. The molecule has 0 radical (unpaired) electrons. The molecule has 0 amide bonds. The second-order valence-electron chi connectivity index (χ2n) is 25.1. The minimum Gasteiger partial charge on any atom is -0.462 e. The van der Waals surface area contributed by atoms with Gasteiger partial charge in [0.25, 0.3) is 0 Å². The van der Waals surface area contributed by atoms with E-state index in [0.717, 1.165) is 64.2 Å². The maximum absolute atomic E-state index is 12.8. The topological polar surface area (TPSA) is 134 Å². The fraction of sp³-hybridized carbons (Fsp3) is 0.867. The molecular formula is C75H142NO8P. The number of hydrogen-bond donors (Lipinski definition) is 2. The Morgan fingerprint density at radius 3 is 0.965 bits per heavy atom. The third kappa shape index (κ3) is 70.9. The van der Waals surface area contributed by atoms with E-state index in [9.17, 15) is 19.0 Å². The quantitative estimate of drug-likeness (QED) is 0.0264. The molecule has 0 aliphatic carbocycles. The van der Waals surface area contributed by atoms with Crippen molar-refractivity contribution in [1.29, 1.82) is 0 Å². The van der Waals surface area contributed by atoms with E-state index in [1.54, 1.807) is 0 Å². The van der Waals surface area contributed by atoms with Crippen LogP contribution in [0.3, 0.4) is 0 Å². The molecule has 0 fully saturated rings. The molecule has 0 aliphatic rings. The summed E-state index contributed by atoms with van der Waals surface area (Å²) < 4.78 is 33.2. The van der Waals surface area contributed by atoms with Crippen LogP contribution < -0.4 is 5.73 Å². The number of phosphoric ester groups is 1. The molecule has 0 aromatic carbocycles. The van der Waals surface area contributed by atoms with Gasteiger partial charge in [-0.05, 0) is 51.4 Å². The van der Waals surface area contributed by atoms with Gasteiger partial charge in [-0.3, -0.25) is 18.6 Å². The summed E-state index contributed by atoms with van der Waals surface area (Å²) in [6, 6.07) is 0. The molecule has 0 saturated heterocycles. The SMILES string of the molecule is CC/C=C\C/C=C\C/C=C\C/C=C\CCCCCCCCCCCCCCCCC(=O)OC(COC(=O)CCCCCCCCCCCCCCCCCCCCCCCCCCCCCCCCCCCCCCC)COP(=O)(O)OCCN. The van der Waals surface area contributed by atoms with Crippen molar-refractivity contribution in [1.82, 2.24) is 0 Å². The van der Waals surface area contributed by atoms with Crippen molar-refractivity contribution in [2.75, 3.05) is 26.4 Å². The first-order chi connectivity index (χ1) is 41.8. The van der Waals surface area contributed by atoms with E-state index in [-0.39, 0.29) is 38.6 Å². The fourth-order valence-electron chi connectivity index (χ4n) is 11.3. The first kappa shape index (κ1) is 83.0. The lowest BCUT2D eigenvalue weighted by Crippen LogP contribution is -2.29. The number of hydrogen-bond acceptors (Lipinski definition) is 8. The molecule has 0 heterocycles. The zero-order chi connectivity index (χ0) is 61.6. The fourth-order valence-corrected chi connectivity index (χ4v) is 12.0. The third-order valence-corrected chi connectivity index (χ3v) is 17.7. The molecule has 0 saturated carbocycles. The largest absolute Gasteiger partial charge is 0.472 e.